The molecule has 9 heteroatoms. The zero-order valence-corrected chi connectivity index (χ0v) is 20.5. The van der Waals surface area contributed by atoms with Gasteiger partial charge < -0.3 is 24.8 Å². The molecule has 2 amide bonds. The lowest BCUT2D eigenvalue weighted by Gasteiger charge is -2.14. The Morgan fingerprint density at radius 2 is 1.51 bits per heavy atom. The molecule has 0 aromatic heterocycles. The van der Waals surface area contributed by atoms with Gasteiger partial charge in [-0.25, -0.2) is 4.99 Å². The number of hydrogen-bond acceptors (Lipinski definition) is 7. The van der Waals surface area contributed by atoms with Crippen molar-refractivity contribution >= 4 is 23.3 Å². The predicted molar refractivity (Wildman–Crippen MR) is 137 cm³/mol. The first-order valence-electron chi connectivity index (χ1n) is 11.3. The summed E-state index contributed by atoms with van der Waals surface area (Å²) in [4.78, 5) is 30.6. The number of fused-ring (bicyclic) bond motifs is 1. The fourth-order valence-electron chi connectivity index (χ4n) is 3.88. The van der Waals surface area contributed by atoms with Crippen molar-refractivity contribution in [1.82, 2.24) is 10.6 Å². The van der Waals surface area contributed by atoms with Gasteiger partial charge in [0, 0.05) is 23.2 Å². The van der Waals surface area contributed by atoms with Crippen molar-refractivity contribution in [3.8, 4) is 23.3 Å². The number of aliphatic imine (C=N–C) groups is 1. The van der Waals surface area contributed by atoms with Gasteiger partial charge in [0.05, 0.1) is 27.0 Å². The van der Waals surface area contributed by atoms with Crippen LogP contribution in [0, 0.1) is 11.3 Å². The Morgan fingerprint density at radius 1 is 0.892 bits per heavy atom. The third kappa shape index (κ3) is 5.13. The van der Waals surface area contributed by atoms with E-state index in [1.807, 2.05) is 36.4 Å². The maximum atomic E-state index is 13.2. The topological polar surface area (TPSA) is 122 Å². The molecule has 4 rings (SSSR count). The van der Waals surface area contributed by atoms with E-state index in [0.29, 0.717) is 28.4 Å². The van der Waals surface area contributed by atoms with E-state index in [4.69, 9.17) is 14.2 Å². The van der Waals surface area contributed by atoms with Crippen molar-refractivity contribution in [1.29, 1.82) is 5.26 Å². The van der Waals surface area contributed by atoms with Crippen molar-refractivity contribution in [2.75, 3.05) is 21.3 Å². The number of carbonyl (C=O) groups is 2. The molecule has 0 saturated heterocycles. The fraction of sp³-hybridized carbons (Fsp3) is 0.143. The first-order valence-corrected chi connectivity index (χ1v) is 11.3. The average Bonchev–Trinajstić information content (AvgIpc) is 3.29. The molecule has 37 heavy (non-hydrogen) atoms. The van der Waals surface area contributed by atoms with Crippen molar-refractivity contribution in [2.24, 2.45) is 4.99 Å². The van der Waals surface area contributed by atoms with Gasteiger partial charge >= 0.3 is 0 Å². The second-order valence-electron chi connectivity index (χ2n) is 7.88. The number of amides is 2. The van der Waals surface area contributed by atoms with Gasteiger partial charge in [-0.3, -0.25) is 9.59 Å². The number of amidine groups is 1. The zero-order chi connectivity index (χ0) is 26.4. The van der Waals surface area contributed by atoms with Crippen molar-refractivity contribution < 1.29 is 23.8 Å². The second-order valence-corrected chi connectivity index (χ2v) is 7.88. The molecule has 0 unspecified atom stereocenters. The van der Waals surface area contributed by atoms with Gasteiger partial charge in [-0.1, -0.05) is 54.6 Å². The van der Waals surface area contributed by atoms with Crippen LogP contribution in [0.25, 0.3) is 5.70 Å². The van der Waals surface area contributed by atoms with Crippen LogP contribution in [0.4, 0.5) is 0 Å². The molecule has 0 spiro atoms. The minimum absolute atomic E-state index is 0.152. The molecule has 1 aliphatic rings. The van der Waals surface area contributed by atoms with Crippen LogP contribution in [0.3, 0.4) is 0 Å². The van der Waals surface area contributed by atoms with E-state index in [2.05, 4.69) is 15.6 Å². The fourth-order valence-corrected chi connectivity index (χ4v) is 3.88. The van der Waals surface area contributed by atoms with E-state index < -0.39 is 11.8 Å². The van der Waals surface area contributed by atoms with Gasteiger partial charge in [0.25, 0.3) is 11.8 Å². The molecule has 0 fully saturated rings. The van der Waals surface area contributed by atoms with Gasteiger partial charge in [0.2, 0.25) is 5.75 Å². The minimum Gasteiger partial charge on any atom is -0.493 e. The number of carbonyl (C=O) groups excluding carboxylic acids is 2. The maximum absolute atomic E-state index is 13.2. The Labute approximate surface area is 214 Å². The highest BCUT2D eigenvalue weighted by Crippen LogP contribution is 2.38. The van der Waals surface area contributed by atoms with Crippen LogP contribution in [-0.2, 0) is 11.3 Å². The van der Waals surface area contributed by atoms with Crippen LogP contribution in [0.5, 0.6) is 17.2 Å². The van der Waals surface area contributed by atoms with E-state index >= 15 is 0 Å². The number of benzene rings is 3. The molecule has 1 aliphatic heterocycles. The van der Waals surface area contributed by atoms with E-state index in [1.165, 1.54) is 33.5 Å². The van der Waals surface area contributed by atoms with Gasteiger partial charge in [-0.15, -0.1) is 0 Å². The van der Waals surface area contributed by atoms with Crippen LogP contribution in [0.15, 0.2) is 77.3 Å². The van der Waals surface area contributed by atoms with Gasteiger partial charge in [-0.05, 0) is 17.7 Å². The number of nitrogens with zero attached hydrogens (tertiary/aromatic N) is 2. The number of rotatable bonds is 7. The molecule has 3 aromatic carbocycles. The molecular formula is C28H24N4O5. The SMILES string of the molecule is COc1cc(C(=O)NC2=N/C(=C(/C#N)C(=O)NCc3ccccc3)c3ccccc32)cc(OC)c1OC. The summed E-state index contributed by atoms with van der Waals surface area (Å²) in [5.74, 6) is 0.174. The lowest BCUT2D eigenvalue weighted by Crippen LogP contribution is -2.30. The van der Waals surface area contributed by atoms with Crippen molar-refractivity contribution in [2.45, 2.75) is 6.54 Å². The molecule has 0 atom stereocenters. The average molecular weight is 497 g/mol. The molecule has 0 aliphatic carbocycles. The predicted octanol–water partition coefficient (Wildman–Crippen LogP) is 3.45. The lowest BCUT2D eigenvalue weighted by atomic mass is 10.0. The summed E-state index contributed by atoms with van der Waals surface area (Å²) in [5, 5.41) is 15.4. The molecule has 186 valence electrons. The third-order valence-electron chi connectivity index (χ3n) is 5.69. The first-order chi connectivity index (χ1) is 18.0. The monoisotopic (exact) mass is 496 g/mol. The number of methoxy groups -OCH3 is 3. The highest BCUT2D eigenvalue weighted by atomic mass is 16.5. The maximum Gasteiger partial charge on any atom is 0.264 e. The Balaban J connectivity index is 1.66. The van der Waals surface area contributed by atoms with Crippen molar-refractivity contribution in [3.63, 3.8) is 0 Å². The minimum atomic E-state index is -0.558. The summed E-state index contributed by atoms with van der Waals surface area (Å²) in [6, 6.07) is 21.4. The van der Waals surface area contributed by atoms with Crippen LogP contribution in [0.2, 0.25) is 0 Å². The Kier molecular flexibility index (Phi) is 7.50. The number of nitriles is 1. The van der Waals surface area contributed by atoms with E-state index in [0.717, 1.165) is 5.56 Å². The zero-order valence-electron chi connectivity index (χ0n) is 20.5. The number of ether oxygens (including phenoxy) is 3. The molecule has 0 radical (unpaired) electrons. The van der Waals surface area contributed by atoms with E-state index in [1.54, 1.807) is 24.3 Å². The van der Waals surface area contributed by atoms with E-state index in [-0.39, 0.29) is 29.2 Å². The molecule has 1 heterocycles. The largest absolute Gasteiger partial charge is 0.493 e. The third-order valence-corrected chi connectivity index (χ3v) is 5.69. The molecule has 3 aromatic rings. The van der Waals surface area contributed by atoms with Crippen LogP contribution in [-0.4, -0.2) is 39.0 Å². The first kappa shape index (κ1) is 25.0. The molecular weight excluding hydrogens is 472 g/mol. The smallest absolute Gasteiger partial charge is 0.264 e. The lowest BCUT2D eigenvalue weighted by molar-refractivity contribution is -0.117. The molecule has 0 saturated carbocycles. The summed E-state index contributed by atoms with van der Waals surface area (Å²) < 4.78 is 16.0. The summed E-state index contributed by atoms with van der Waals surface area (Å²) in [6.07, 6.45) is 0. The van der Waals surface area contributed by atoms with Crippen LogP contribution >= 0.6 is 0 Å². The second kappa shape index (κ2) is 11.1. The van der Waals surface area contributed by atoms with Gasteiger partial charge in [-0.2, -0.15) is 5.26 Å². The highest BCUT2D eigenvalue weighted by Gasteiger charge is 2.28. The van der Waals surface area contributed by atoms with Crippen LogP contribution < -0.4 is 24.8 Å². The summed E-state index contributed by atoms with van der Waals surface area (Å²) in [7, 11) is 4.39. The summed E-state index contributed by atoms with van der Waals surface area (Å²) in [6.45, 7) is 0.258. The molecule has 0 bridgehead atoms. The summed E-state index contributed by atoms with van der Waals surface area (Å²) in [5.41, 5.74) is 2.32. The quantitative estimate of drug-likeness (QED) is 0.382. The number of hydrogen-bond donors (Lipinski definition) is 2. The van der Waals surface area contributed by atoms with Crippen LogP contribution in [0.1, 0.15) is 27.0 Å². The Bertz CT molecular complexity index is 1430. The Hall–Kier alpha value is -5.10. The highest BCUT2D eigenvalue weighted by molar-refractivity contribution is 6.20. The van der Waals surface area contributed by atoms with E-state index in [9.17, 15) is 14.9 Å². The molecule has 2 N–H and O–H groups in total. The standard InChI is InChI=1S/C28H24N4O5/c1-35-22-13-18(14-23(36-2)25(22)37-3)27(33)32-26-20-12-8-7-11-19(20)24(31-26)21(15-29)28(34)30-16-17-9-5-4-6-10-17/h4-14H,16H2,1-3H3,(H,30,34)(H,31,32,33)/b24-21-. The van der Waals surface area contributed by atoms with Gasteiger partial charge in [0.1, 0.15) is 17.5 Å². The van der Waals surface area contributed by atoms with Crippen molar-refractivity contribution in [3.05, 3.63) is 94.6 Å². The number of nitrogens with one attached hydrogen (secondary N) is 2. The Morgan fingerprint density at radius 3 is 2.11 bits per heavy atom. The summed E-state index contributed by atoms with van der Waals surface area (Å²) >= 11 is 0. The van der Waals surface area contributed by atoms with Gasteiger partial charge in [0.15, 0.2) is 11.5 Å². The normalized spacial score (nSPS) is 13.0. The molecule has 9 nitrogen and oxygen atoms in total.